The highest BCUT2D eigenvalue weighted by Crippen LogP contribution is 2.30. The summed E-state index contributed by atoms with van der Waals surface area (Å²) < 4.78 is 31.3. The highest BCUT2D eigenvalue weighted by Gasteiger charge is 2.28. The fourth-order valence-electron chi connectivity index (χ4n) is 3.29. The van der Waals surface area contributed by atoms with Gasteiger partial charge in [0.1, 0.15) is 18.8 Å². The SMILES string of the molecule is CCCCCOC(=O)Oc1ccc(C[C@H](N)C(=O)O[C@@H](C)COC(=O)C(C)(C)CC)cc1OC(=O)OCCCCC. The van der Waals surface area contributed by atoms with Crippen LogP contribution in [0.1, 0.15) is 92.1 Å². The van der Waals surface area contributed by atoms with E-state index in [0.717, 1.165) is 25.7 Å². The Morgan fingerprint density at radius 2 is 1.39 bits per heavy atom. The van der Waals surface area contributed by atoms with Crippen molar-refractivity contribution in [3.63, 3.8) is 0 Å². The number of benzene rings is 1. The lowest BCUT2D eigenvalue weighted by molar-refractivity contribution is -0.164. The predicted octanol–water partition coefficient (Wildman–Crippen LogP) is 5.88. The summed E-state index contributed by atoms with van der Waals surface area (Å²) in [6.07, 6.45) is 3.15. The molecule has 0 bridgehead atoms. The van der Waals surface area contributed by atoms with E-state index in [4.69, 9.17) is 34.2 Å². The van der Waals surface area contributed by atoms with Gasteiger partial charge in [0.2, 0.25) is 0 Å². The van der Waals surface area contributed by atoms with E-state index in [2.05, 4.69) is 0 Å². The lowest BCUT2D eigenvalue weighted by Gasteiger charge is -2.22. The minimum absolute atomic E-state index is 0.0257. The molecule has 0 aliphatic rings. The average molecular weight is 582 g/mol. The van der Waals surface area contributed by atoms with Crippen LogP contribution in [0.3, 0.4) is 0 Å². The van der Waals surface area contributed by atoms with Crippen LogP contribution in [0.4, 0.5) is 9.59 Å². The molecule has 0 unspecified atom stereocenters. The van der Waals surface area contributed by atoms with Crippen LogP contribution in [0.25, 0.3) is 0 Å². The fraction of sp³-hybridized carbons (Fsp3) is 0.667. The van der Waals surface area contributed by atoms with Crippen molar-refractivity contribution < 1.29 is 47.6 Å². The van der Waals surface area contributed by atoms with Crippen molar-refractivity contribution in [1.29, 1.82) is 0 Å². The summed E-state index contributed by atoms with van der Waals surface area (Å²) in [7, 11) is 0. The zero-order chi connectivity index (χ0) is 30.8. The highest BCUT2D eigenvalue weighted by molar-refractivity contribution is 5.77. The Kier molecular flexibility index (Phi) is 16.5. The molecule has 0 amide bonds. The van der Waals surface area contributed by atoms with Crippen LogP contribution in [0, 0.1) is 5.41 Å². The largest absolute Gasteiger partial charge is 0.513 e. The van der Waals surface area contributed by atoms with Crippen molar-refractivity contribution in [2.24, 2.45) is 11.1 Å². The smallest absolute Gasteiger partial charge is 0.461 e. The summed E-state index contributed by atoms with van der Waals surface area (Å²) in [5.41, 5.74) is 5.94. The molecule has 0 saturated carbocycles. The van der Waals surface area contributed by atoms with Crippen molar-refractivity contribution in [2.75, 3.05) is 19.8 Å². The average Bonchev–Trinajstić information content (AvgIpc) is 2.93. The van der Waals surface area contributed by atoms with E-state index in [1.54, 1.807) is 26.8 Å². The van der Waals surface area contributed by atoms with Crippen molar-refractivity contribution >= 4 is 24.2 Å². The van der Waals surface area contributed by atoms with E-state index in [9.17, 15) is 19.2 Å². The zero-order valence-corrected chi connectivity index (χ0v) is 25.3. The molecule has 11 heteroatoms. The Labute approximate surface area is 243 Å². The van der Waals surface area contributed by atoms with Crippen LogP contribution in [-0.2, 0) is 35.0 Å². The van der Waals surface area contributed by atoms with E-state index in [1.165, 1.54) is 12.1 Å². The molecule has 232 valence electrons. The number of hydrogen-bond donors (Lipinski definition) is 1. The third kappa shape index (κ3) is 14.2. The molecule has 0 aliphatic heterocycles. The monoisotopic (exact) mass is 581 g/mol. The molecule has 2 atom stereocenters. The second-order valence-corrected chi connectivity index (χ2v) is 10.5. The second kappa shape index (κ2) is 18.9. The first-order valence-corrected chi connectivity index (χ1v) is 14.4. The molecule has 41 heavy (non-hydrogen) atoms. The van der Waals surface area contributed by atoms with E-state index >= 15 is 0 Å². The maximum atomic E-state index is 12.6. The van der Waals surface area contributed by atoms with Gasteiger partial charge in [-0.2, -0.15) is 0 Å². The van der Waals surface area contributed by atoms with Crippen molar-refractivity contribution in [3.8, 4) is 11.5 Å². The van der Waals surface area contributed by atoms with Gasteiger partial charge in [0.15, 0.2) is 11.5 Å². The second-order valence-electron chi connectivity index (χ2n) is 10.5. The predicted molar refractivity (Wildman–Crippen MR) is 152 cm³/mol. The van der Waals surface area contributed by atoms with Crippen LogP contribution in [0.2, 0.25) is 0 Å². The fourth-order valence-corrected chi connectivity index (χ4v) is 3.29. The number of unbranched alkanes of at least 4 members (excludes halogenated alkanes) is 4. The van der Waals surface area contributed by atoms with E-state index in [-0.39, 0.29) is 43.7 Å². The normalized spacial score (nSPS) is 12.6. The molecule has 0 saturated heterocycles. The Morgan fingerprint density at radius 1 is 0.829 bits per heavy atom. The number of carbonyl (C=O) groups is 4. The molecule has 1 aromatic carbocycles. The van der Waals surface area contributed by atoms with Gasteiger partial charge in [-0.1, -0.05) is 52.5 Å². The van der Waals surface area contributed by atoms with Crippen LogP contribution in [0.15, 0.2) is 18.2 Å². The summed E-state index contributed by atoms with van der Waals surface area (Å²) in [6.45, 7) is 11.4. The topological polar surface area (TPSA) is 150 Å². The van der Waals surface area contributed by atoms with E-state index in [0.29, 0.717) is 24.8 Å². The summed E-state index contributed by atoms with van der Waals surface area (Å²) >= 11 is 0. The molecule has 1 aromatic rings. The molecule has 0 spiro atoms. The Morgan fingerprint density at radius 3 is 1.93 bits per heavy atom. The Balaban J connectivity index is 2.85. The zero-order valence-electron chi connectivity index (χ0n) is 25.3. The first kappa shape index (κ1) is 35.7. The van der Waals surface area contributed by atoms with Gasteiger partial charge in [-0.25, -0.2) is 9.59 Å². The number of esters is 2. The molecular weight excluding hydrogens is 534 g/mol. The summed E-state index contributed by atoms with van der Waals surface area (Å²) in [5.74, 6) is -1.22. The minimum Gasteiger partial charge on any atom is -0.461 e. The maximum absolute atomic E-state index is 12.6. The molecule has 2 N–H and O–H groups in total. The Hall–Kier alpha value is -3.34. The summed E-state index contributed by atoms with van der Waals surface area (Å²) in [6, 6.07) is 3.35. The van der Waals surface area contributed by atoms with Gasteiger partial charge in [0.25, 0.3) is 0 Å². The van der Waals surface area contributed by atoms with Gasteiger partial charge in [0, 0.05) is 0 Å². The molecule has 0 aromatic heterocycles. The minimum atomic E-state index is -1.07. The molecule has 0 fully saturated rings. The molecule has 0 aliphatic carbocycles. The number of carbonyl (C=O) groups excluding carboxylic acids is 4. The van der Waals surface area contributed by atoms with Gasteiger partial charge in [-0.05, 0) is 64.2 Å². The van der Waals surface area contributed by atoms with Gasteiger partial charge >= 0.3 is 24.2 Å². The number of rotatable bonds is 18. The Bertz CT molecular complexity index is 978. The lowest BCUT2D eigenvalue weighted by atomic mass is 9.91. The van der Waals surface area contributed by atoms with E-state index in [1.807, 2.05) is 20.8 Å². The van der Waals surface area contributed by atoms with Crippen LogP contribution < -0.4 is 15.2 Å². The van der Waals surface area contributed by atoms with Gasteiger partial charge in [-0.15, -0.1) is 0 Å². The molecule has 11 nitrogen and oxygen atoms in total. The van der Waals surface area contributed by atoms with Crippen LogP contribution in [0.5, 0.6) is 11.5 Å². The molecule has 0 radical (unpaired) electrons. The third-order valence-corrected chi connectivity index (χ3v) is 6.29. The van der Waals surface area contributed by atoms with Crippen LogP contribution >= 0.6 is 0 Å². The quantitative estimate of drug-likeness (QED) is 0.0958. The first-order chi connectivity index (χ1) is 19.4. The van der Waals surface area contributed by atoms with Crippen molar-refractivity contribution in [3.05, 3.63) is 23.8 Å². The van der Waals surface area contributed by atoms with Crippen molar-refractivity contribution in [2.45, 2.75) is 105 Å². The van der Waals surface area contributed by atoms with Gasteiger partial charge < -0.3 is 34.2 Å². The van der Waals surface area contributed by atoms with E-state index < -0.39 is 35.8 Å². The lowest BCUT2D eigenvalue weighted by Crippen LogP contribution is -2.38. The summed E-state index contributed by atoms with van der Waals surface area (Å²) in [4.78, 5) is 49.1. The van der Waals surface area contributed by atoms with Crippen molar-refractivity contribution in [1.82, 2.24) is 0 Å². The molecule has 1 rings (SSSR count). The van der Waals surface area contributed by atoms with Gasteiger partial charge in [0.05, 0.1) is 18.6 Å². The van der Waals surface area contributed by atoms with Crippen LogP contribution in [-0.4, -0.2) is 56.2 Å². The summed E-state index contributed by atoms with van der Waals surface area (Å²) in [5, 5.41) is 0. The number of ether oxygens (including phenoxy) is 6. The number of hydrogen-bond acceptors (Lipinski definition) is 11. The van der Waals surface area contributed by atoms with Gasteiger partial charge in [-0.3, -0.25) is 9.59 Å². The standard InChI is InChI=1S/C30H47NO10/c1-7-10-12-16-36-28(34)40-24-15-14-22(19-25(24)41-29(35)37-17-13-11-8-2)18-23(31)26(32)39-21(4)20-38-27(33)30(5,6)9-3/h14-15,19,21,23H,7-13,16-18,20,31H2,1-6H3/t21-,23-/m0/s1. The highest BCUT2D eigenvalue weighted by atomic mass is 16.7. The third-order valence-electron chi connectivity index (χ3n) is 6.29. The number of nitrogens with two attached hydrogens (primary N) is 1. The molecule has 0 heterocycles. The first-order valence-electron chi connectivity index (χ1n) is 14.4. The molecular formula is C30H47NO10. The maximum Gasteiger partial charge on any atom is 0.513 e.